The van der Waals surface area contributed by atoms with Gasteiger partial charge < -0.3 is 21.7 Å². The van der Waals surface area contributed by atoms with Gasteiger partial charge >= 0.3 is 11.8 Å². The predicted octanol–water partition coefficient (Wildman–Crippen LogP) is 1.44. The maximum absolute atomic E-state index is 13.1. The normalized spacial score (nSPS) is 33.1. The Bertz CT molecular complexity index is 864. The number of nitrogen functional groups attached to an aromatic ring is 1. The number of aryl methyl sites for hydroxylation is 1. The minimum atomic E-state index is -0.662. The first kappa shape index (κ1) is 19.7. The average Bonchev–Trinajstić information content (AvgIpc) is 3.21. The van der Waals surface area contributed by atoms with E-state index in [4.69, 9.17) is 11.5 Å². The molecule has 0 aromatic carbocycles. The summed E-state index contributed by atoms with van der Waals surface area (Å²) in [6.45, 7) is 4.45. The molecule has 0 radical (unpaired) electrons. The van der Waals surface area contributed by atoms with Crippen LogP contribution in [0.1, 0.15) is 44.6 Å². The van der Waals surface area contributed by atoms with Crippen molar-refractivity contribution < 1.29 is 14.4 Å². The third-order valence-electron chi connectivity index (χ3n) is 7.25. The van der Waals surface area contributed by atoms with Crippen LogP contribution in [0.5, 0.6) is 0 Å². The van der Waals surface area contributed by atoms with Crippen LogP contribution in [0, 0.1) is 30.1 Å². The molecule has 1 aromatic heterocycles. The van der Waals surface area contributed by atoms with Gasteiger partial charge in [-0.05, 0) is 68.4 Å². The highest BCUT2D eigenvalue weighted by Gasteiger charge is 2.62. The Labute approximate surface area is 170 Å². The van der Waals surface area contributed by atoms with E-state index < -0.39 is 11.8 Å². The first-order chi connectivity index (χ1) is 13.7. The summed E-state index contributed by atoms with van der Waals surface area (Å²) < 4.78 is 0. The van der Waals surface area contributed by atoms with Crippen LogP contribution in [0.2, 0.25) is 0 Å². The molecule has 3 aliphatic carbocycles. The monoisotopic (exact) mass is 399 g/mol. The predicted molar refractivity (Wildman–Crippen MR) is 108 cm³/mol. The van der Waals surface area contributed by atoms with Gasteiger partial charge in [-0.1, -0.05) is 6.92 Å². The van der Waals surface area contributed by atoms with Gasteiger partial charge in [0.1, 0.15) is 5.82 Å². The second kappa shape index (κ2) is 7.00. The van der Waals surface area contributed by atoms with Crippen molar-refractivity contribution in [2.24, 2.45) is 28.9 Å². The first-order valence-electron chi connectivity index (χ1n) is 10.3. The van der Waals surface area contributed by atoms with Crippen LogP contribution < -0.4 is 16.8 Å². The number of hydrogen-bond donors (Lipinski definition) is 3. The van der Waals surface area contributed by atoms with Crippen molar-refractivity contribution in [2.45, 2.75) is 52.0 Å². The van der Waals surface area contributed by atoms with Gasteiger partial charge in [0, 0.05) is 18.0 Å². The fourth-order valence-electron chi connectivity index (χ4n) is 5.60. The van der Waals surface area contributed by atoms with Gasteiger partial charge in [-0.2, -0.15) is 0 Å². The van der Waals surface area contributed by atoms with Crippen LogP contribution in [-0.4, -0.2) is 40.2 Å². The van der Waals surface area contributed by atoms with Crippen molar-refractivity contribution >= 4 is 29.2 Å². The van der Waals surface area contributed by atoms with E-state index in [1.165, 1.54) is 6.20 Å². The van der Waals surface area contributed by atoms with Crippen molar-refractivity contribution in [3.8, 4) is 0 Å². The molecule has 1 unspecified atom stereocenters. The number of amides is 3. The number of primary amides is 1. The Kier molecular flexibility index (Phi) is 4.75. The highest BCUT2D eigenvalue weighted by molar-refractivity contribution is 6.39. The first-order valence-corrected chi connectivity index (χ1v) is 10.3. The van der Waals surface area contributed by atoms with E-state index >= 15 is 0 Å². The lowest BCUT2D eigenvalue weighted by molar-refractivity contribution is -0.147. The largest absolute Gasteiger partial charge is 0.383 e. The Morgan fingerprint density at radius 2 is 1.97 bits per heavy atom. The number of likely N-dealkylation sites (tertiary alicyclic amines) is 1. The minimum absolute atomic E-state index is 0.00976. The fourth-order valence-corrected chi connectivity index (χ4v) is 5.60. The maximum atomic E-state index is 13.1. The van der Waals surface area contributed by atoms with E-state index in [0.29, 0.717) is 29.9 Å². The maximum Gasteiger partial charge on any atom is 0.313 e. The number of carbonyl (C=O) groups excluding carboxylic acids is 3. The third-order valence-corrected chi connectivity index (χ3v) is 7.25. The number of carbonyl (C=O) groups is 3. The molecule has 8 heteroatoms. The summed E-state index contributed by atoms with van der Waals surface area (Å²) in [5, 5.41) is 2.66. The van der Waals surface area contributed by atoms with Gasteiger partial charge in [-0.15, -0.1) is 0 Å². The van der Waals surface area contributed by atoms with Crippen LogP contribution in [-0.2, 0) is 14.4 Å². The van der Waals surface area contributed by atoms with E-state index in [0.717, 1.165) is 37.7 Å². The molecule has 1 saturated heterocycles. The number of hydrogen-bond acceptors (Lipinski definition) is 5. The average molecular weight is 399 g/mol. The molecular formula is C21H29N5O3. The van der Waals surface area contributed by atoms with E-state index in [9.17, 15) is 14.4 Å². The fraction of sp³-hybridized carbons (Fsp3) is 0.619. The van der Waals surface area contributed by atoms with Crippen molar-refractivity contribution in [3.63, 3.8) is 0 Å². The topological polar surface area (TPSA) is 131 Å². The molecule has 3 amide bonds. The van der Waals surface area contributed by atoms with Crippen molar-refractivity contribution in [2.75, 3.05) is 17.6 Å². The van der Waals surface area contributed by atoms with E-state index in [2.05, 4.69) is 17.2 Å². The molecule has 1 aromatic rings. The molecule has 3 atom stereocenters. The highest BCUT2D eigenvalue weighted by atomic mass is 16.2. The lowest BCUT2D eigenvalue weighted by atomic mass is 9.68. The number of anilines is 2. The summed E-state index contributed by atoms with van der Waals surface area (Å²) in [6.07, 6.45) is 5.71. The standard InChI is InChI=1S/C21H29N5O3/c1-11-3-4-16(15-8-21(20(23)29)6-13(15)7-21)26(10-11)19(28)18(27)25-14-5-12(2)17(22)24-9-14/h5,9,11,13,15-16H,3-4,6-8,10H2,1-2H3,(H2,22,24)(H2,23,29)(H,25,27)/t11-,13?,15?,16+,21?/m1/s1. The smallest absolute Gasteiger partial charge is 0.313 e. The minimum Gasteiger partial charge on any atom is -0.383 e. The quantitative estimate of drug-likeness (QED) is 0.662. The van der Waals surface area contributed by atoms with E-state index in [1.807, 2.05) is 0 Å². The van der Waals surface area contributed by atoms with Crippen molar-refractivity contribution in [3.05, 3.63) is 17.8 Å². The molecule has 0 spiro atoms. The second-order valence-corrected chi connectivity index (χ2v) is 9.27. The van der Waals surface area contributed by atoms with Gasteiger partial charge in [0.05, 0.1) is 11.9 Å². The SMILES string of the molecule is Cc1cc(NC(=O)C(=O)N2C[C@H](C)CC[C@H]2C2CC3(C(N)=O)CC2C3)cnc1N. The summed E-state index contributed by atoms with van der Waals surface area (Å²) >= 11 is 0. The third kappa shape index (κ3) is 3.34. The Morgan fingerprint density at radius 3 is 2.59 bits per heavy atom. The van der Waals surface area contributed by atoms with Crippen LogP contribution in [0.15, 0.2) is 12.3 Å². The van der Waals surface area contributed by atoms with Crippen molar-refractivity contribution in [1.29, 1.82) is 0 Å². The lowest BCUT2D eigenvalue weighted by Crippen LogP contribution is -2.53. The number of pyridine rings is 1. The molecule has 2 bridgehead atoms. The second-order valence-electron chi connectivity index (χ2n) is 9.27. The Balaban J connectivity index is 1.49. The zero-order valence-electron chi connectivity index (χ0n) is 17.0. The van der Waals surface area contributed by atoms with Crippen LogP contribution >= 0.6 is 0 Å². The highest BCUT2D eigenvalue weighted by Crippen LogP contribution is 2.63. The van der Waals surface area contributed by atoms with E-state index in [-0.39, 0.29) is 23.3 Å². The number of piperidine rings is 1. The van der Waals surface area contributed by atoms with Crippen molar-refractivity contribution in [1.82, 2.24) is 9.88 Å². The molecule has 2 heterocycles. The molecule has 29 heavy (non-hydrogen) atoms. The zero-order valence-corrected chi connectivity index (χ0v) is 17.0. The molecular weight excluding hydrogens is 370 g/mol. The number of nitrogens with two attached hydrogens (primary N) is 2. The van der Waals surface area contributed by atoms with Crippen LogP contribution in [0.25, 0.3) is 0 Å². The summed E-state index contributed by atoms with van der Waals surface area (Å²) in [5.41, 5.74) is 12.2. The molecule has 156 valence electrons. The summed E-state index contributed by atoms with van der Waals surface area (Å²) in [7, 11) is 0. The van der Waals surface area contributed by atoms with Gasteiger partial charge in [-0.25, -0.2) is 4.98 Å². The molecule has 4 fully saturated rings. The Hall–Kier alpha value is -2.64. The lowest BCUT2D eigenvalue weighted by Gasteiger charge is -2.43. The molecule has 5 rings (SSSR count). The summed E-state index contributed by atoms with van der Waals surface area (Å²) in [4.78, 5) is 43.4. The molecule has 8 nitrogen and oxygen atoms in total. The number of nitrogens with one attached hydrogen (secondary N) is 1. The van der Waals surface area contributed by atoms with Gasteiger partial charge in [0.2, 0.25) is 5.91 Å². The number of nitrogens with zero attached hydrogens (tertiary/aromatic N) is 2. The zero-order chi connectivity index (χ0) is 20.9. The molecule has 4 aliphatic rings. The van der Waals surface area contributed by atoms with Crippen LogP contribution in [0.3, 0.4) is 0 Å². The van der Waals surface area contributed by atoms with Crippen LogP contribution in [0.4, 0.5) is 11.5 Å². The molecule has 5 N–H and O–H groups in total. The number of rotatable bonds is 3. The Morgan fingerprint density at radius 1 is 1.24 bits per heavy atom. The molecule has 1 aliphatic heterocycles. The summed E-state index contributed by atoms with van der Waals surface area (Å²) in [5.74, 6) is -0.0104. The molecule has 3 saturated carbocycles. The van der Waals surface area contributed by atoms with Gasteiger partial charge in [0.25, 0.3) is 0 Å². The number of fused-ring (bicyclic) bond motifs is 1. The number of aromatic nitrogens is 1. The van der Waals surface area contributed by atoms with E-state index in [1.54, 1.807) is 17.9 Å². The van der Waals surface area contributed by atoms with Gasteiger partial charge in [-0.3, -0.25) is 14.4 Å². The van der Waals surface area contributed by atoms with Gasteiger partial charge in [0.15, 0.2) is 0 Å². The summed E-state index contributed by atoms with van der Waals surface area (Å²) in [6, 6.07) is 1.69.